The van der Waals surface area contributed by atoms with Crippen molar-refractivity contribution in [3.05, 3.63) is 83.7 Å². The maximum Gasteiger partial charge on any atom is 0.339 e. The second-order valence-corrected chi connectivity index (χ2v) is 13.9. The summed E-state index contributed by atoms with van der Waals surface area (Å²) in [5, 5.41) is 48.6. The van der Waals surface area contributed by atoms with E-state index in [-0.39, 0.29) is 31.2 Å². The van der Waals surface area contributed by atoms with Gasteiger partial charge in [-0.2, -0.15) is 0 Å². The molecule has 9 heteroatoms. The minimum atomic E-state index is -1.92. The van der Waals surface area contributed by atoms with E-state index in [4.69, 9.17) is 9.47 Å². The molecule has 240 valence electrons. The fraction of sp³-hybridized carbons (Fsp3) is 0.528. The number of hydrogen-bond donors (Lipinski definition) is 4. The number of aromatic nitrogens is 1. The Hall–Kier alpha value is -3.37. The van der Waals surface area contributed by atoms with Crippen LogP contribution in [0.3, 0.4) is 0 Å². The Morgan fingerprint density at radius 3 is 2.51 bits per heavy atom. The molecular formula is C36H43NO8. The van der Waals surface area contributed by atoms with E-state index in [2.05, 4.69) is 11.9 Å². The van der Waals surface area contributed by atoms with E-state index < -0.39 is 63.8 Å². The molecule has 1 aromatic carbocycles. The molecule has 4 aliphatic carbocycles. The third-order valence-electron chi connectivity index (χ3n) is 12.0. The van der Waals surface area contributed by atoms with Crippen molar-refractivity contribution in [1.29, 1.82) is 0 Å². The highest BCUT2D eigenvalue weighted by Crippen LogP contribution is 2.71. The summed E-state index contributed by atoms with van der Waals surface area (Å²) in [7, 11) is 0. The quantitative estimate of drug-likeness (QED) is 0.213. The van der Waals surface area contributed by atoms with Crippen molar-refractivity contribution in [2.75, 3.05) is 0 Å². The minimum absolute atomic E-state index is 0.00117. The van der Waals surface area contributed by atoms with Gasteiger partial charge < -0.3 is 29.9 Å². The summed E-state index contributed by atoms with van der Waals surface area (Å²) in [5.41, 5.74) is -5.62. The lowest BCUT2D eigenvalue weighted by molar-refractivity contribution is -0.324. The van der Waals surface area contributed by atoms with Crippen molar-refractivity contribution in [2.24, 2.45) is 16.7 Å². The smallest absolute Gasteiger partial charge is 0.339 e. The monoisotopic (exact) mass is 617 g/mol. The Bertz CT molecular complexity index is 1510. The van der Waals surface area contributed by atoms with Gasteiger partial charge in [0.2, 0.25) is 0 Å². The van der Waals surface area contributed by atoms with Gasteiger partial charge in [-0.3, -0.25) is 4.98 Å². The van der Waals surface area contributed by atoms with E-state index in [1.807, 2.05) is 36.4 Å². The second kappa shape index (κ2) is 11.2. The predicted octanol–water partition coefficient (Wildman–Crippen LogP) is 4.15. The summed E-state index contributed by atoms with van der Waals surface area (Å²) in [6.07, 6.45) is 7.01. The topological polar surface area (TPSA) is 146 Å². The van der Waals surface area contributed by atoms with Gasteiger partial charge >= 0.3 is 11.9 Å². The van der Waals surface area contributed by atoms with Gasteiger partial charge in [0.25, 0.3) is 0 Å². The molecule has 0 saturated heterocycles. The van der Waals surface area contributed by atoms with Crippen molar-refractivity contribution in [3.63, 3.8) is 0 Å². The number of aliphatic hydroxyl groups excluding tert-OH is 1. The minimum Gasteiger partial charge on any atom is -0.458 e. The van der Waals surface area contributed by atoms with Gasteiger partial charge in [0, 0.05) is 24.4 Å². The summed E-state index contributed by atoms with van der Waals surface area (Å²) in [6, 6.07) is 12.5. The number of pyridine rings is 1. The molecule has 0 aliphatic heterocycles. The third kappa shape index (κ3) is 4.70. The molecule has 0 spiro atoms. The predicted molar refractivity (Wildman–Crippen MR) is 165 cm³/mol. The van der Waals surface area contributed by atoms with Gasteiger partial charge in [-0.1, -0.05) is 55.8 Å². The molecule has 0 amide bonds. The van der Waals surface area contributed by atoms with Crippen LogP contribution >= 0.6 is 0 Å². The number of carbonyl (C=O) groups excluding carboxylic acids is 2. The van der Waals surface area contributed by atoms with Crippen LogP contribution in [0.25, 0.3) is 6.08 Å². The van der Waals surface area contributed by atoms with Crippen LogP contribution in [0.15, 0.2) is 72.6 Å². The normalized spacial score (nSPS) is 39.6. The highest BCUT2D eigenvalue weighted by atomic mass is 16.6. The van der Waals surface area contributed by atoms with Crippen molar-refractivity contribution < 1.29 is 39.5 Å². The number of benzene rings is 1. The first-order chi connectivity index (χ1) is 21.3. The third-order valence-corrected chi connectivity index (χ3v) is 12.0. The summed E-state index contributed by atoms with van der Waals surface area (Å²) in [6.45, 7) is 5.27. The van der Waals surface area contributed by atoms with E-state index in [1.54, 1.807) is 38.3 Å². The van der Waals surface area contributed by atoms with Gasteiger partial charge in [-0.15, -0.1) is 0 Å². The van der Waals surface area contributed by atoms with Crippen LogP contribution in [0.2, 0.25) is 0 Å². The zero-order valence-electron chi connectivity index (χ0n) is 26.1. The first-order valence-electron chi connectivity index (χ1n) is 15.9. The molecule has 1 unspecified atom stereocenters. The molecule has 1 aromatic heterocycles. The van der Waals surface area contributed by atoms with E-state index in [1.165, 1.54) is 12.3 Å². The van der Waals surface area contributed by atoms with Crippen LogP contribution in [0, 0.1) is 16.7 Å². The summed E-state index contributed by atoms with van der Waals surface area (Å²) in [4.78, 5) is 30.6. The first-order valence-corrected chi connectivity index (χ1v) is 15.9. The number of carbonyl (C=O) groups is 2. The van der Waals surface area contributed by atoms with Gasteiger partial charge in [0.05, 0.1) is 17.1 Å². The number of ether oxygens (including phenoxy) is 2. The van der Waals surface area contributed by atoms with Crippen LogP contribution in [-0.2, 0) is 14.3 Å². The molecule has 4 N–H and O–H groups in total. The largest absolute Gasteiger partial charge is 0.458 e. The zero-order valence-corrected chi connectivity index (χ0v) is 26.1. The van der Waals surface area contributed by atoms with Gasteiger partial charge in [-0.25, -0.2) is 9.59 Å². The first kappa shape index (κ1) is 31.6. The number of esters is 2. The molecule has 3 saturated carbocycles. The highest BCUT2D eigenvalue weighted by Gasteiger charge is 2.81. The highest BCUT2D eigenvalue weighted by molar-refractivity contribution is 5.89. The van der Waals surface area contributed by atoms with Crippen molar-refractivity contribution in [2.45, 2.75) is 101 Å². The molecular weight excluding hydrogens is 574 g/mol. The van der Waals surface area contributed by atoms with Crippen molar-refractivity contribution in [1.82, 2.24) is 4.98 Å². The Morgan fingerprint density at radius 2 is 1.80 bits per heavy atom. The van der Waals surface area contributed by atoms with Gasteiger partial charge in [-0.05, 0) is 81.1 Å². The Balaban J connectivity index is 1.39. The van der Waals surface area contributed by atoms with E-state index in [9.17, 15) is 30.0 Å². The Morgan fingerprint density at radius 1 is 1.04 bits per heavy atom. The van der Waals surface area contributed by atoms with Gasteiger partial charge in [0.15, 0.2) is 0 Å². The summed E-state index contributed by atoms with van der Waals surface area (Å²) < 4.78 is 12.0. The molecule has 0 radical (unpaired) electrons. The second-order valence-electron chi connectivity index (χ2n) is 13.9. The Labute approximate surface area is 263 Å². The number of rotatable bonds is 6. The number of hydrogen-bond acceptors (Lipinski definition) is 9. The fourth-order valence-electron chi connectivity index (χ4n) is 9.21. The molecule has 1 heterocycles. The SMILES string of the molecule is CC(OC(=O)/C=C/c1ccccc1)[C@@]1(O)CC[C@@]2(O)[C@]1(C)[C@H](OC(=O)c1cccnc1)C[C@@H]1[C@@]3(C)CC[C@H](O)CC3=CC[C@]12O. The lowest BCUT2D eigenvalue weighted by atomic mass is 9.42. The standard InChI is InChI=1S/C36H43NO8/c1-23(44-30(39)12-11-24-8-5-4-6-9-24)34(41)17-18-36(43)33(34,3)29(45-31(40)25-10-7-19-37-22-25)21-28-32(2)15-14-27(38)20-26(32)13-16-35(28,36)42/h4-13,19,22-23,27-29,38,41-43H,14-18,20-21H2,1-3H3/b12-11+/t23?,27-,28+,29+,32-,33+,34-,35-,36+/m0/s1. The lowest BCUT2D eigenvalue weighted by Gasteiger charge is -2.67. The molecule has 3 fully saturated rings. The van der Waals surface area contributed by atoms with Crippen molar-refractivity contribution in [3.8, 4) is 0 Å². The maximum atomic E-state index is 13.5. The van der Waals surface area contributed by atoms with Crippen LogP contribution in [0.5, 0.6) is 0 Å². The van der Waals surface area contributed by atoms with Crippen LogP contribution < -0.4 is 0 Å². The van der Waals surface area contributed by atoms with Crippen LogP contribution in [0.1, 0.15) is 81.6 Å². The van der Waals surface area contributed by atoms with Crippen LogP contribution in [-0.4, -0.2) is 72.5 Å². The summed E-state index contributed by atoms with van der Waals surface area (Å²) in [5.74, 6) is -1.87. The summed E-state index contributed by atoms with van der Waals surface area (Å²) >= 11 is 0. The number of nitrogens with zero attached hydrogens (tertiary/aromatic N) is 1. The number of fused-ring (bicyclic) bond motifs is 5. The molecule has 4 aliphatic rings. The fourth-order valence-corrected chi connectivity index (χ4v) is 9.21. The Kier molecular flexibility index (Phi) is 7.84. The van der Waals surface area contributed by atoms with Gasteiger partial charge in [0.1, 0.15) is 29.0 Å². The van der Waals surface area contributed by atoms with Crippen LogP contribution in [0.4, 0.5) is 0 Å². The van der Waals surface area contributed by atoms with Crippen molar-refractivity contribution >= 4 is 18.0 Å². The van der Waals surface area contributed by atoms with E-state index in [0.717, 1.165) is 11.1 Å². The molecule has 6 rings (SSSR count). The molecule has 9 atom stereocenters. The van der Waals surface area contributed by atoms with E-state index in [0.29, 0.717) is 19.3 Å². The molecule has 9 nitrogen and oxygen atoms in total. The average molecular weight is 618 g/mol. The zero-order chi connectivity index (χ0) is 32.3. The maximum absolute atomic E-state index is 13.5. The molecule has 0 bridgehead atoms. The molecule has 2 aromatic rings. The lowest BCUT2D eigenvalue weighted by Crippen LogP contribution is -2.78. The molecule has 45 heavy (non-hydrogen) atoms. The average Bonchev–Trinajstić information content (AvgIpc) is 3.26. The number of aliphatic hydroxyl groups is 4. The van der Waals surface area contributed by atoms with E-state index >= 15 is 0 Å².